The highest BCUT2D eigenvalue weighted by atomic mass is 16.6. The topological polar surface area (TPSA) is 58.6 Å². The first-order chi connectivity index (χ1) is 10.8. The highest BCUT2D eigenvalue weighted by Gasteiger charge is 2.14. The SMILES string of the molecule is N#CCCN(Cc1ccc2c(c1)OCCO2)Cc1ccco1. The van der Waals surface area contributed by atoms with Crippen LogP contribution in [0, 0.1) is 11.3 Å². The van der Waals surface area contributed by atoms with E-state index in [1.807, 2.05) is 30.3 Å². The van der Waals surface area contributed by atoms with Gasteiger partial charge < -0.3 is 13.9 Å². The summed E-state index contributed by atoms with van der Waals surface area (Å²) in [4.78, 5) is 2.19. The van der Waals surface area contributed by atoms with Gasteiger partial charge in [-0.05, 0) is 29.8 Å². The van der Waals surface area contributed by atoms with Crippen LogP contribution >= 0.6 is 0 Å². The van der Waals surface area contributed by atoms with E-state index in [0.717, 1.165) is 29.4 Å². The third kappa shape index (κ3) is 3.60. The molecule has 0 atom stereocenters. The molecule has 5 heteroatoms. The lowest BCUT2D eigenvalue weighted by Crippen LogP contribution is -2.24. The van der Waals surface area contributed by atoms with Gasteiger partial charge in [-0.25, -0.2) is 0 Å². The van der Waals surface area contributed by atoms with Gasteiger partial charge in [-0.1, -0.05) is 6.07 Å². The van der Waals surface area contributed by atoms with E-state index in [9.17, 15) is 0 Å². The van der Waals surface area contributed by atoms with Crippen molar-refractivity contribution in [1.29, 1.82) is 5.26 Å². The lowest BCUT2D eigenvalue weighted by atomic mass is 10.1. The van der Waals surface area contributed by atoms with Crippen LogP contribution in [0.3, 0.4) is 0 Å². The normalized spacial score (nSPS) is 13.1. The number of ether oxygens (including phenoxy) is 2. The Morgan fingerprint density at radius 2 is 1.95 bits per heavy atom. The Morgan fingerprint density at radius 3 is 2.73 bits per heavy atom. The molecule has 0 fully saturated rings. The highest BCUT2D eigenvalue weighted by molar-refractivity contribution is 5.43. The molecule has 0 radical (unpaired) electrons. The third-order valence-corrected chi connectivity index (χ3v) is 3.51. The van der Waals surface area contributed by atoms with Crippen molar-refractivity contribution in [2.75, 3.05) is 19.8 Å². The molecule has 0 amide bonds. The van der Waals surface area contributed by atoms with E-state index in [2.05, 4.69) is 11.0 Å². The molecule has 3 rings (SSSR count). The van der Waals surface area contributed by atoms with Crippen LogP contribution in [-0.2, 0) is 13.1 Å². The fourth-order valence-corrected chi connectivity index (χ4v) is 2.49. The second kappa shape index (κ2) is 7.01. The molecule has 0 spiro atoms. The number of hydrogen-bond donors (Lipinski definition) is 0. The maximum Gasteiger partial charge on any atom is 0.161 e. The van der Waals surface area contributed by atoms with E-state index in [0.29, 0.717) is 32.7 Å². The molecular weight excluding hydrogens is 280 g/mol. The van der Waals surface area contributed by atoms with Gasteiger partial charge in [0.2, 0.25) is 0 Å². The molecule has 2 aromatic rings. The predicted octanol–water partition coefficient (Wildman–Crippen LogP) is 2.97. The number of furan rings is 1. The van der Waals surface area contributed by atoms with Crippen LogP contribution < -0.4 is 9.47 Å². The lowest BCUT2D eigenvalue weighted by Gasteiger charge is -2.22. The number of nitriles is 1. The molecule has 1 aliphatic rings. The van der Waals surface area contributed by atoms with Crippen LogP contribution in [0.5, 0.6) is 11.5 Å². The van der Waals surface area contributed by atoms with Gasteiger partial charge in [0.05, 0.1) is 18.9 Å². The number of benzene rings is 1. The van der Waals surface area contributed by atoms with Gasteiger partial charge in [0.15, 0.2) is 11.5 Å². The van der Waals surface area contributed by atoms with Crippen LogP contribution in [-0.4, -0.2) is 24.7 Å². The van der Waals surface area contributed by atoms with E-state index in [4.69, 9.17) is 19.2 Å². The summed E-state index contributed by atoms with van der Waals surface area (Å²) < 4.78 is 16.6. The summed E-state index contributed by atoms with van der Waals surface area (Å²) in [5, 5.41) is 8.83. The van der Waals surface area contributed by atoms with Gasteiger partial charge >= 0.3 is 0 Å². The molecule has 1 aromatic carbocycles. The largest absolute Gasteiger partial charge is 0.486 e. The Bertz CT molecular complexity index is 646. The van der Waals surface area contributed by atoms with Crippen molar-refractivity contribution in [3.8, 4) is 17.6 Å². The monoisotopic (exact) mass is 298 g/mol. The zero-order chi connectivity index (χ0) is 15.2. The Balaban J connectivity index is 1.70. The summed E-state index contributed by atoms with van der Waals surface area (Å²) in [6.07, 6.45) is 2.16. The minimum Gasteiger partial charge on any atom is -0.486 e. The predicted molar refractivity (Wildman–Crippen MR) is 80.5 cm³/mol. The Morgan fingerprint density at radius 1 is 1.09 bits per heavy atom. The highest BCUT2D eigenvalue weighted by Crippen LogP contribution is 2.31. The van der Waals surface area contributed by atoms with Crippen molar-refractivity contribution >= 4 is 0 Å². The minimum absolute atomic E-state index is 0.491. The van der Waals surface area contributed by atoms with Crippen LogP contribution in [0.15, 0.2) is 41.0 Å². The zero-order valence-electron chi connectivity index (χ0n) is 12.3. The Hall–Kier alpha value is -2.45. The van der Waals surface area contributed by atoms with Crippen LogP contribution in [0.25, 0.3) is 0 Å². The molecule has 22 heavy (non-hydrogen) atoms. The third-order valence-electron chi connectivity index (χ3n) is 3.51. The van der Waals surface area contributed by atoms with Crippen LogP contribution in [0.2, 0.25) is 0 Å². The number of rotatable bonds is 6. The molecule has 1 aromatic heterocycles. The molecule has 0 aliphatic carbocycles. The fraction of sp³-hybridized carbons (Fsp3) is 0.353. The summed E-state index contributed by atoms with van der Waals surface area (Å²) in [6, 6.07) is 12.0. The molecule has 114 valence electrons. The van der Waals surface area contributed by atoms with E-state index >= 15 is 0 Å². The van der Waals surface area contributed by atoms with Crippen molar-refractivity contribution in [2.45, 2.75) is 19.5 Å². The maximum absolute atomic E-state index is 8.83. The first-order valence-corrected chi connectivity index (χ1v) is 7.35. The quantitative estimate of drug-likeness (QED) is 0.820. The molecule has 5 nitrogen and oxygen atoms in total. The van der Waals surface area contributed by atoms with Crippen LogP contribution in [0.4, 0.5) is 0 Å². The molecular formula is C17H18N2O3. The molecule has 0 saturated carbocycles. The van der Waals surface area contributed by atoms with Crippen molar-refractivity contribution in [3.05, 3.63) is 47.9 Å². The van der Waals surface area contributed by atoms with Gasteiger partial charge in [0.25, 0.3) is 0 Å². The second-order valence-electron chi connectivity index (χ2n) is 5.18. The summed E-state index contributed by atoms with van der Waals surface area (Å²) in [7, 11) is 0. The van der Waals surface area contributed by atoms with E-state index in [-0.39, 0.29) is 0 Å². The molecule has 0 N–H and O–H groups in total. The summed E-state index contributed by atoms with van der Waals surface area (Å²) in [6.45, 7) is 3.30. The zero-order valence-corrected chi connectivity index (χ0v) is 12.3. The molecule has 0 unspecified atom stereocenters. The summed E-state index contributed by atoms with van der Waals surface area (Å²) in [5.74, 6) is 2.49. The maximum atomic E-state index is 8.83. The number of fused-ring (bicyclic) bond motifs is 1. The minimum atomic E-state index is 0.491. The number of nitrogens with zero attached hydrogens (tertiary/aromatic N) is 2. The Labute approximate surface area is 129 Å². The first kappa shape index (κ1) is 14.5. The molecule has 2 heterocycles. The molecule has 1 aliphatic heterocycles. The van der Waals surface area contributed by atoms with Gasteiger partial charge in [-0.3, -0.25) is 4.90 Å². The Kier molecular flexibility index (Phi) is 4.62. The summed E-state index contributed by atoms with van der Waals surface area (Å²) >= 11 is 0. The fourth-order valence-electron chi connectivity index (χ4n) is 2.49. The van der Waals surface area contributed by atoms with Gasteiger partial charge in [0.1, 0.15) is 19.0 Å². The van der Waals surface area contributed by atoms with Crippen molar-refractivity contribution < 1.29 is 13.9 Å². The van der Waals surface area contributed by atoms with E-state index in [1.54, 1.807) is 6.26 Å². The summed E-state index contributed by atoms with van der Waals surface area (Å²) in [5.41, 5.74) is 1.13. The van der Waals surface area contributed by atoms with E-state index < -0.39 is 0 Å². The van der Waals surface area contributed by atoms with Crippen molar-refractivity contribution in [2.24, 2.45) is 0 Å². The van der Waals surface area contributed by atoms with E-state index in [1.165, 1.54) is 0 Å². The standard InChI is InChI=1S/C17H18N2O3/c18-6-2-7-19(13-15-3-1-8-20-15)12-14-4-5-16-17(11-14)22-10-9-21-16/h1,3-5,8,11H,2,7,9-10,12-13H2. The van der Waals surface area contributed by atoms with Gasteiger partial charge in [-0.2, -0.15) is 5.26 Å². The number of hydrogen-bond acceptors (Lipinski definition) is 5. The average molecular weight is 298 g/mol. The van der Waals surface area contributed by atoms with Gasteiger partial charge in [-0.15, -0.1) is 0 Å². The van der Waals surface area contributed by atoms with Crippen molar-refractivity contribution in [1.82, 2.24) is 4.90 Å². The molecule has 0 bridgehead atoms. The van der Waals surface area contributed by atoms with Crippen LogP contribution in [0.1, 0.15) is 17.7 Å². The average Bonchev–Trinajstić information content (AvgIpc) is 3.05. The smallest absolute Gasteiger partial charge is 0.161 e. The van der Waals surface area contributed by atoms with Gasteiger partial charge in [0, 0.05) is 19.5 Å². The lowest BCUT2D eigenvalue weighted by molar-refractivity contribution is 0.171. The first-order valence-electron chi connectivity index (χ1n) is 7.35. The molecule has 0 saturated heterocycles. The second-order valence-corrected chi connectivity index (χ2v) is 5.18. The van der Waals surface area contributed by atoms with Crippen molar-refractivity contribution in [3.63, 3.8) is 0 Å².